The van der Waals surface area contributed by atoms with Crippen molar-refractivity contribution in [2.75, 3.05) is 13.2 Å². The fourth-order valence-electron chi connectivity index (χ4n) is 3.04. The average Bonchev–Trinajstić information content (AvgIpc) is 3.18. The summed E-state index contributed by atoms with van der Waals surface area (Å²) in [6.45, 7) is 4.09. The number of alkyl halides is 3. The smallest absolute Gasteiger partial charge is 0.490 e. The van der Waals surface area contributed by atoms with Gasteiger partial charge in [0.1, 0.15) is 12.4 Å². The van der Waals surface area contributed by atoms with Crippen LogP contribution in [0, 0.1) is 5.92 Å². The van der Waals surface area contributed by atoms with Gasteiger partial charge in [-0.3, -0.25) is 5.32 Å². The van der Waals surface area contributed by atoms with Gasteiger partial charge in [-0.15, -0.1) is 0 Å². The minimum absolute atomic E-state index is 0.0491. The second-order valence-electron chi connectivity index (χ2n) is 7.48. The van der Waals surface area contributed by atoms with Crippen molar-refractivity contribution in [3.05, 3.63) is 48.8 Å². The molecule has 2 N–H and O–H groups in total. The quantitative estimate of drug-likeness (QED) is 0.290. The van der Waals surface area contributed by atoms with Crippen LogP contribution in [-0.2, 0) is 9.53 Å². The summed E-state index contributed by atoms with van der Waals surface area (Å²) >= 11 is 0. The van der Waals surface area contributed by atoms with Gasteiger partial charge in [-0.25, -0.2) is 9.78 Å². The molecule has 166 valence electrons. The zero-order chi connectivity index (χ0) is 22.4. The molecule has 1 atom stereocenters. The number of benzene rings is 2. The Hall–Kier alpha value is -3.07. The number of nitrogens with one attached hydrogen (secondary N) is 2. The lowest BCUT2D eigenvalue weighted by Crippen LogP contribution is -2.40. The van der Waals surface area contributed by atoms with E-state index in [1.807, 2.05) is 56.3 Å². The summed E-state index contributed by atoms with van der Waals surface area (Å²) in [6, 6.07) is 13.4. The fourth-order valence-corrected chi connectivity index (χ4v) is 3.04. The minimum atomic E-state index is -5.02. The van der Waals surface area contributed by atoms with Gasteiger partial charge in [0.25, 0.3) is 0 Å². The Labute approximate surface area is 177 Å². The van der Waals surface area contributed by atoms with Crippen molar-refractivity contribution in [1.82, 2.24) is 15.3 Å². The molecule has 6 nitrogen and oxygen atoms in total. The van der Waals surface area contributed by atoms with Crippen molar-refractivity contribution in [3.63, 3.8) is 0 Å². The van der Waals surface area contributed by atoms with Gasteiger partial charge in [0.15, 0.2) is 6.23 Å². The van der Waals surface area contributed by atoms with Gasteiger partial charge in [0.2, 0.25) is 0 Å². The molecule has 1 heterocycles. The van der Waals surface area contributed by atoms with E-state index in [4.69, 9.17) is 4.74 Å². The predicted octanol–water partition coefficient (Wildman–Crippen LogP) is 4.68. The molecule has 1 aromatic heterocycles. The molecule has 0 fully saturated rings. The molecule has 0 bridgehead atoms. The minimum Gasteiger partial charge on any atom is -0.492 e. The molecule has 3 aromatic rings. The second-order valence-corrected chi connectivity index (χ2v) is 7.48. The van der Waals surface area contributed by atoms with Crippen molar-refractivity contribution in [1.29, 1.82) is 0 Å². The zero-order valence-electron chi connectivity index (χ0n) is 17.2. The summed E-state index contributed by atoms with van der Waals surface area (Å²) in [7, 11) is 0. The molecule has 9 heteroatoms. The van der Waals surface area contributed by atoms with Gasteiger partial charge in [-0.2, -0.15) is 13.2 Å². The van der Waals surface area contributed by atoms with E-state index in [2.05, 4.69) is 20.0 Å². The Morgan fingerprint density at radius 3 is 2.52 bits per heavy atom. The molecule has 3 rings (SSSR count). The molecule has 0 aliphatic heterocycles. The maximum absolute atomic E-state index is 12.4. The van der Waals surface area contributed by atoms with E-state index in [9.17, 15) is 18.0 Å². The zero-order valence-corrected chi connectivity index (χ0v) is 17.2. The van der Waals surface area contributed by atoms with Crippen molar-refractivity contribution in [2.24, 2.45) is 5.92 Å². The number of aromatic amines is 1. The number of carbonyl (C=O) groups is 1. The molecule has 31 heavy (non-hydrogen) atoms. The van der Waals surface area contributed by atoms with E-state index >= 15 is 0 Å². The largest absolute Gasteiger partial charge is 0.492 e. The number of H-pyrrole nitrogens is 1. The Kier molecular flexibility index (Phi) is 7.17. The van der Waals surface area contributed by atoms with E-state index in [1.54, 1.807) is 6.33 Å². The molecule has 0 saturated heterocycles. The van der Waals surface area contributed by atoms with E-state index in [1.165, 1.54) is 0 Å². The van der Waals surface area contributed by atoms with E-state index in [0.717, 1.165) is 22.2 Å². The first kappa shape index (κ1) is 22.6. The maximum atomic E-state index is 12.4. The van der Waals surface area contributed by atoms with E-state index in [-0.39, 0.29) is 25.5 Å². The molecule has 0 aliphatic carbocycles. The van der Waals surface area contributed by atoms with Crippen molar-refractivity contribution < 1.29 is 27.4 Å². The number of fused-ring (bicyclic) bond motifs is 1. The average molecular weight is 435 g/mol. The highest BCUT2D eigenvalue weighted by Crippen LogP contribution is 2.25. The third-order valence-corrected chi connectivity index (χ3v) is 4.52. The Morgan fingerprint density at radius 1 is 1.13 bits per heavy atom. The van der Waals surface area contributed by atoms with Gasteiger partial charge < -0.3 is 14.5 Å². The molecular formula is C22H24F3N3O3. The molecule has 0 spiro atoms. The number of ether oxygens (including phenoxy) is 2. The standard InChI is InChI=1S/C22H24F3N3O3/c1-14(2)11-20(31-21(29)22(23,24)25)26-9-10-30-17-6-3-15(4-7-17)16-5-8-18-19(12-16)28-13-27-18/h3-8,12-14,20,26H,9-11H2,1-2H3,(H,27,28). The Balaban J connectivity index is 1.50. The van der Waals surface area contributed by atoms with Crippen LogP contribution in [0.1, 0.15) is 20.3 Å². The summed E-state index contributed by atoms with van der Waals surface area (Å²) < 4.78 is 47.5. The van der Waals surface area contributed by atoms with Crippen molar-refractivity contribution in [2.45, 2.75) is 32.7 Å². The predicted molar refractivity (Wildman–Crippen MR) is 110 cm³/mol. The summed E-state index contributed by atoms with van der Waals surface area (Å²) in [5, 5.41) is 2.80. The number of hydrogen-bond donors (Lipinski definition) is 2. The van der Waals surface area contributed by atoms with Crippen LogP contribution in [0.3, 0.4) is 0 Å². The highest BCUT2D eigenvalue weighted by Gasteiger charge is 2.42. The number of nitrogens with zero attached hydrogens (tertiary/aromatic N) is 1. The van der Waals surface area contributed by atoms with Crippen molar-refractivity contribution >= 4 is 17.0 Å². The second kappa shape index (κ2) is 9.82. The molecule has 0 radical (unpaired) electrons. The first-order valence-corrected chi connectivity index (χ1v) is 9.90. The van der Waals surface area contributed by atoms with Crippen LogP contribution >= 0.6 is 0 Å². The lowest BCUT2D eigenvalue weighted by Gasteiger charge is -2.21. The molecule has 0 amide bonds. The number of halogens is 3. The SMILES string of the molecule is CC(C)CC(NCCOc1ccc(-c2ccc3nc[nH]c3c2)cc1)OC(=O)C(F)(F)F. The molecule has 0 aliphatic rings. The lowest BCUT2D eigenvalue weighted by molar-refractivity contribution is -0.207. The fraction of sp³-hybridized carbons (Fsp3) is 0.364. The van der Waals surface area contributed by atoms with Crippen LogP contribution in [-0.4, -0.2) is 41.5 Å². The van der Waals surface area contributed by atoms with Gasteiger partial charge in [0.05, 0.1) is 17.4 Å². The van der Waals surface area contributed by atoms with Gasteiger partial charge in [-0.1, -0.05) is 32.0 Å². The number of imidazole rings is 1. The van der Waals surface area contributed by atoms with Gasteiger partial charge in [0, 0.05) is 13.0 Å². The van der Waals surface area contributed by atoms with Gasteiger partial charge >= 0.3 is 12.1 Å². The molecule has 0 saturated carbocycles. The summed E-state index contributed by atoms with van der Waals surface area (Å²) in [4.78, 5) is 18.4. The number of carbonyl (C=O) groups excluding carboxylic acids is 1. The summed E-state index contributed by atoms with van der Waals surface area (Å²) in [5.74, 6) is -1.52. The lowest BCUT2D eigenvalue weighted by atomic mass is 10.1. The molecule has 2 aromatic carbocycles. The third-order valence-electron chi connectivity index (χ3n) is 4.52. The van der Waals surface area contributed by atoms with E-state index in [0.29, 0.717) is 5.75 Å². The van der Waals surface area contributed by atoms with E-state index < -0.39 is 18.4 Å². The van der Waals surface area contributed by atoms with Gasteiger partial charge in [-0.05, 0) is 41.3 Å². The topological polar surface area (TPSA) is 76.2 Å². The van der Waals surface area contributed by atoms with Crippen LogP contribution in [0.5, 0.6) is 5.75 Å². The number of esters is 1. The van der Waals surface area contributed by atoms with Crippen molar-refractivity contribution in [3.8, 4) is 16.9 Å². The van der Waals surface area contributed by atoms with Crippen LogP contribution < -0.4 is 10.1 Å². The molecular weight excluding hydrogens is 411 g/mol. The molecule has 1 unspecified atom stereocenters. The first-order valence-electron chi connectivity index (χ1n) is 9.90. The number of rotatable bonds is 9. The maximum Gasteiger partial charge on any atom is 0.490 e. The number of hydrogen-bond acceptors (Lipinski definition) is 5. The summed E-state index contributed by atoms with van der Waals surface area (Å²) in [5.41, 5.74) is 3.89. The summed E-state index contributed by atoms with van der Waals surface area (Å²) in [6.07, 6.45) is -4.14. The highest BCUT2D eigenvalue weighted by molar-refractivity contribution is 5.81. The van der Waals surface area contributed by atoms with Crippen LogP contribution in [0.4, 0.5) is 13.2 Å². The highest BCUT2D eigenvalue weighted by atomic mass is 19.4. The first-order chi connectivity index (χ1) is 14.7. The third kappa shape index (κ3) is 6.45. The Bertz CT molecular complexity index is 1000. The normalized spacial score (nSPS) is 12.8. The Morgan fingerprint density at radius 2 is 1.84 bits per heavy atom. The van der Waals surface area contributed by atoms with Crippen LogP contribution in [0.15, 0.2) is 48.8 Å². The number of aromatic nitrogens is 2. The van der Waals surface area contributed by atoms with Crippen LogP contribution in [0.2, 0.25) is 0 Å². The monoisotopic (exact) mass is 435 g/mol. The van der Waals surface area contributed by atoms with Crippen LogP contribution in [0.25, 0.3) is 22.2 Å².